The van der Waals surface area contributed by atoms with Gasteiger partial charge < -0.3 is 24.8 Å². The van der Waals surface area contributed by atoms with E-state index in [1.165, 1.54) is 4.90 Å². The van der Waals surface area contributed by atoms with Gasteiger partial charge in [-0.2, -0.15) is 0 Å². The number of nitrogens with one attached hydrogen (secondary N) is 1. The Morgan fingerprint density at radius 2 is 1.64 bits per heavy atom. The van der Waals surface area contributed by atoms with Gasteiger partial charge in [0.05, 0.1) is 13.2 Å². The summed E-state index contributed by atoms with van der Waals surface area (Å²) < 4.78 is 37.2. The summed E-state index contributed by atoms with van der Waals surface area (Å²) in [6.07, 6.45) is 0.321. The van der Waals surface area contributed by atoms with Gasteiger partial charge >= 0.3 is 12.1 Å². The van der Waals surface area contributed by atoms with Crippen LogP contribution in [-0.4, -0.2) is 78.4 Å². The smallest absolute Gasteiger partial charge is 0.410 e. The minimum absolute atomic E-state index is 0.0505. The first-order valence-electron chi connectivity index (χ1n) is 9.79. The Morgan fingerprint density at radius 3 is 2.04 bits per heavy atom. The van der Waals surface area contributed by atoms with Crippen LogP contribution in [0, 0.1) is 0 Å². The number of amides is 1. The van der Waals surface area contributed by atoms with Crippen molar-refractivity contribution in [3.8, 4) is 0 Å². The molecule has 2 fully saturated rings. The van der Waals surface area contributed by atoms with Crippen molar-refractivity contribution in [2.45, 2.75) is 70.3 Å². The molecule has 2 saturated heterocycles. The fourth-order valence-corrected chi connectivity index (χ4v) is 2.87. The number of piperidine rings is 2. The first-order valence-corrected chi connectivity index (χ1v) is 9.79. The third-order valence-electron chi connectivity index (χ3n) is 4.63. The van der Waals surface area contributed by atoms with E-state index in [4.69, 9.17) is 14.6 Å². The molecule has 164 valence electrons. The maximum absolute atomic E-state index is 14.3. The highest BCUT2D eigenvalue weighted by atomic mass is 19.1. The first-order chi connectivity index (χ1) is 12.9. The van der Waals surface area contributed by atoms with Crippen LogP contribution in [0.4, 0.5) is 13.6 Å². The summed E-state index contributed by atoms with van der Waals surface area (Å²) in [6.45, 7) is 8.47. The highest BCUT2D eigenvalue weighted by Crippen LogP contribution is 2.29. The zero-order valence-electron chi connectivity index (χ0n) is 17.4. The van der Waals surface area contributed by atoms with Gasteiger partial charge in [0.15, 0.2) is 0 Å². The number of nitrogens with zero attached hydrogens (tertiary/aromatic N) is 1. The average molecular weight is 408 g/mol. The van der Waals surface area contributed by atoms with Crippen molar-refractivity contribution in [3.63, 3.8) is 0 Å². The first kappa shape index (κ1) is 24.6. The van der Waals surface area contributed by atoms with E-state index >= 15 is 0 Å². The van der Waals surface area contributed by atoms with Crippen molar-refractivity contribution in [1.82, 2.24) is 10.2 Å². The minimum atomic E-state index is -1.98. The molecule has 0 atom stereocenters. The van der Waals surface area contributed by atoms with E-state index in [1.807, 2.05) is 0 Å². The molecule has 28 heavy (non-hydrogen) atoms. The molecule has 0 aliphatic carbocycles. The maximum atomic E-state index is 14.3. The molecule has 1 amide bonds. The van der Waals surface area contributed by atoms with Gasteiger partial charge in [-0.05, 0) is 53.6 Å². The zero-order chi connectivity index (χ0) is 21.4. The van der Waals surface area contributed by atoms with Gasteiger partial charge in [0.2, 0.25) is 5.67 Å². The summed E-state index contributed by atoms with van der Waals surface area (Å²) in [4.78, 5) is 24.7. The Labute approximate surface area is 165 Å². The Morgan fingerprint density at radius 1 is 1.11 bits per heavy atom. The number of esters is 1. The molecule has 9 heteroatoms. The van der Waals surface area contributed by atoms with Crippen LogP contribution in [0.1, 0.15) is 53.4 Å². The lowest BCUT2D eigenvalue weighted by Crippen LogP contribution is -2.50. The molecule has 0 saturated carbocycles. The van der Waals surface area contributed by atoms with Crippen molar-refractivity contribution in [2.24, 2.45) is 0 Å². The van der Waals surface area contributed by atoms with Gasteiger partial charge in [-0.1, -0.05) is 0 Å². The molecular weight excluding hydrogens is 374 g/mol. The number of halogens is 2. The molecule has 2 aliphatic rings. The van der Waals surface area contributed by atoms with Gasteiger partial charge in [0, 0.05) is 25.9 Å². The highest BCUT2D eigenvalue weighted by molar-refractivity contribution is 5.80. The molecule has 2 heterocycles. The molecule has 0 spiro atoms. The summed E-state index contributed by atoms with van der Waals surface area (Å²) in [6, 6.07) is 0. The molecule has 7 nitrogen and oxygen atoms in total. The van der Waals surface area contributed by atoms with E-state index in [0.29, 0.717) is 25.9 Å². The van der Waals surface area contributed by atoms with Crippen LogP contribution in [-0.2, 0) is 14.3 Å². The molecule has 2 rings (SSSR count). The lowest BCUT2D eigenvalue weighted by molar-refractivity contribution is -0.160. The number of rotatable bonds is 3. The monoisotopic (exact) mass is 408 g/mol. The van der Waals surface area contributed by atoms with Crippen molar-refractivity contribution < 1.29 is 33.0 Å². The molecule has 0 aromatic heterocycles. The minimum Gasteiger partial charge on any atom is -0.464 e. The number of alkyl halides is 2. The lowest BCUT2D eigenvalue weighted by atomic mass is 9.93. The standard InChI is InChI=1S/C13H22FNO4.C6H12FNO/c1-5-18-10(16)13(14)6-8-15(9-7-13)11(17)19-12(2,3)4;7-6(5-9)1-3-8-4-2-6/h5-9H2,1-4H3;8-9H,1-5H2. The van der Waals surface area contributed by atoms with Gasteiger partial charge in [-0.3, -0.25) is 0 Å². The second kappa shape index (κ2) is 10.3. The number of likely N-dealkylation sites (tertiary alicyclic amines) is 1. The fraction of sp³-hybridized carbons (Fsp3) is 0.895. The van der Waals surface area contributed by atoms with Crippen molar-refractivity contribution in [2.75, 3.05) is 39.4 Å². The number of carbonyl (C=O) groups is 2. The number of carbonyl (C=O) groups excluding carboxylic acids is 2. The molecule has 0 bridgehead atoms. The SMILES string of the molecule is CCOC(=O)C1(F)CCN(C(=O)OC(C)(C)C)CC1.OCC1(F)CCNCC1. The van der Waals surface area contributed by atoms with Crippen LogP contribution in [0.25, 0.3) is 0 Å². The van der Waals surface area contributed by atoms with E-state index in [0.717, 1.165) is 0 Å². The molecule has 2 aliphatic heterocycles. The number of ether oxygens (including phenoxy) is 2. The molecule has 0 unspecified atom stereocenters. The van der Waals surface area contributed by atoms with E-state index in [9.17, 15) is 18.4 Å². The van der Waals surface area contributed by atoms with Crippen molar-refractivity contribution in [3.05, 3.63) is 0 Å². The van der Waals surface area contributed by atoms with Crippen LogP contribution in [0.15, 0.2) is 0 Å². The molecule has 0 aromatic rings. The number of aliphatic hydroxyl groups excluding tert-OH is 1. The summed E-state index contributed by atoms with van der Waals surface area (Å²) in [7, 11) is 0. The molecular formula is C19H34F2N2O5. The Balaban J connectivity index is 0.000000362. The van der Waals surface area contributed by atoms with Gasteiger partial charge in [-0.25, -0.2) is 18.4 Å². The maximum Gasteiger partial charge on any atom is 0.410 e. The summed E-state index contributed by atoms with van der Waals surface area (Å²) in [5.41, 5.74) is -3.84. The quantitative estimate of drug-likeness (QED) is 0.697. The second-order valence-corrected chi connectivity index (χ2v) is 8.21. The number of aliphatic hydroxyl groups is 1. The topological polar surface area (TPSA) is 88.1 Å². The fourth-order valence-electron chi connectivity index (χ4n) is 2.87. The summed E-state index contributed by atoms with van der Waals surface area (Å²) in [5, 5.41) is 11.6. The van der Waals surface area contributed by atoms with Crippen LogP contribution in [0.2, 0.25) is 0 Å². The van der Waals surface area contributed by atoms with Crippen LogP contribution >= 0.6 is 0 Å². The van der Waals surface area contributed by atoms with Crippen LogP contribution in [0.5, 0.6) is 0 Å². The number of hydrogen-bond donors (Lipinski definition) is 2. The molecule has 2 N–H and O–H groups in total. The predicted molar refractivity (Wildman–Crippen MR) is 101 cm³/mol. The largest absolute Gasteiger partial charge is 0.464 e. The van der Waals surface area contributed by atoms with Crippen molar-refractivity contribution >= 4 is 12.1 Å². The van der Waals surface area contributed by atoms with Gasteiger partial charge in [-0.15, -0.1) is 0 Å². The second-order valence-electron chi connectivity index (χ2n) is 8.21. The normalized spacial score (nSPS) is 21.2. The molecule has 0 radical (unpaired) electrons. The van der Waals surface area contributed by atoms with Crippen molar-refractivity contribution in [1.29, 1.82) is 0 Å². The third kappa shape index (κ3) is 7.87. The summed E-state index contributed by atoms with van der Waals surface area (Å²) in [5.74, 6) is -0.834. The third-order valence-corrected chi connectivity index (χ3v) is 4.63. The number of hydrogen-bond acceptors (Lipinski definition) is 6. The van der Waals surface area contributed by atoms with Gasteiger partial charge in [0.25, 0.3) is 0 Å². The van der Waals surface area contributed by atoms with E-state index in [-0.39, 0.29) is 39.1 Å². The van der Waals surface area contributed by atoms with E-state index < -0.39 is 29.0 Å². The van der Waals surface area contributed by atoms with E-state index in [1.54, 1.807) is 27.7 Å². The Hall–Kier alpha value is -1.48. The van der Waals surface area contributed by atoms with Crippen LogP contribution in [0.3, 0.4) is 0 Å². The zero-order valence-corrected chi connectivity index (χ0v) is 17.4. The van der Waals surface area contributed by atoms with Crippen LogP contribution < -0.4 is 5.32 Å². The average Bonchev–Trinajstić information content (AvgIpc) is 2.62. The predicted octanol–water partition coefficient (Wildman–Crippen LogP) is 2.36. The summed E-state index contributed by atoms with van der Waals surface area (Å²) >= 11 is 0. The Bertz CT molecular complexity index is 511. The van der Waals surface area contributed by atoms with Gasteiger partial charge in [0.1, 0.15) is 11.3 Å². The lowest BCUT2D eigenvalue weighted by Gasteiger charge is -2.35. The van der Waals surface area contributed by atoms with E-state index in [2.05, 4.69) is 5.32 Å². The Kier molecular flexibility index (Phi) is 9.07. The highest BCUT2D eigenvalue weighted by Gasteiger charge is 2.44. The molecule has 0 aromatic carbocycles.